The molecule has 1 N–H and O–H groups in total. The highest BCUT2D eigenvalue weighted by Crippen LogP contribution is 2.47. The van der Waals surface area contributed by atoms with Crippen molar-refractivity contribution in [3.8, 4) is 5.75 Å². The second-order valence-corrected chi connectivity index (χ2v) is 6.30. The Morgan fingerprint density at radius 3 is 2.65 bits per heavy atom. The van der Waals surface area contributed by atoms with Crippen LogP contribution in [0.2, 0.25) is 0 Å². The highest BCUT2D eigenvalue weighted by molar-refractivity contribution is 8.00. The highest BCUT2D eigenvalue weighted by Gasteiger charge is 2.43. The number of hydrogen-bond donors (Lipinski definition) is 1. The number of hydrogen-bond acceptors (Lipinski definition) is 3. The Balaban J connectivity index is 2.58. The molecular weight excluding hydrogens is 232 g/mol. The van der Waals surface area contributed by atoms with Gasteiger partial charge in [-0.2, -0.15) is 11.8 Å². The van der Waals surface area contributed by atoms with Crippen LogP contribution in [-0.4, -0.2) is 23.2 Å². The van der Waals surface area contributed by atoms with E-state index in [4.69, 9.17) is 4.74 Å². The molecule has 2 nitrogen and oxygen atoms in total. The van der Waals surface area contributed by atoms with E-state index in [1.807, 2.05) is 17.8 Å². The zero-order valence-corrected chi connectivity index (χ0v) is 11.7. The van der Waals surface area contributed by atoms with Crippen molar-refractivity contribution in [2.24, 2.45) is 0 Å². The molecule has 94 valence electrons. The number of methoxy groups -OCH3 is 1. The summed E-state index contributed by atoms with van der Waals surface area (Å²) in [5, 5.41) is 11.1. The van der Waals surface area contributed by atoms with E-state index in [-0.39, 0.29) is 5.25 Å². The molecule has 0 aliphatic carbocycles. The maximum atomic E-state index is 10.9. The fourth-order valence-corrected chi connectivity index (χ4v) is 4.00. The molecule has 1 aliphatic rings. The first kappa shape index (κ1) is 12.8. The fourth-order valence-electron chi connectivity index (χ4n) is 2.71. The molecule has 0 spiro atoms. The van der Waals surface area contributed by atoms with Gasteiger partial charge in [0.1, 0.15) is 11.4 Å². The van der Waals surface area contributed by atoms with Gasteiger partial charge in [0.05, 0.1) is 7.11 Å². The van der Waals surface area contributed by atoms with E-state index in [9.17, 15) is 5.11 Å². The van der Waals surface area contributed by atoms with Gasteiger partial charge in [-0.15, -0.1) is 0 Å². The molecule has 1 aromatic carbocycles. The molecule has 0 saturated carbocycles. The van der Waals surface area contributed by atoms with Gasteiger partial charge < -0.3 is 9.84 Å². The lowest BCUT2D eigenvalue weighted by Crippen LogP contribution is -2.32. The predicted octanol–water partition coefficient (Wildman–Crippen LogP) is 3.03. The van der Waals surface area contributed by atoms with Crippen molar-refractivity contribution in [3.05, 3.63) is 28.8 Å². The van der Waals surface area contributed by atoms with E-state index in [1.165, 1.54) is 5.56 Å². The summed E-state index contributed by atoms with van der Waals surface area (Å²) in [5.74, 6) is 1.83. The number of ether oxygens (including phenoxy) is 1. The van der Waals surface area contributed by atoms with E-state index < -0.39 is 5.60 Å². The topological polar surface area (TPSA) is 29.5 Å². The van der Waals surface area contributed by atoms with Crippen molar-refractivity contribution in [2.75, 3.05) is 12.9 Å². The molecular formula is C14H20O2S. The van der Waals surface area contributed by atoms with E-state index >= 15 is 0 Å². The molecule has 1 saturated heterocycles. The fraction of sp³-hybridized carbons (Fsp3) is 0.571. The lowest BCUT2D eigenvalue weighted by molar-refractivity contribution is 0.0395. The van der Waals surface area contributed by atoms with Crippen molar-refractivity contribution in [1.82, 2.24) is 0 Å². The third-order valence-electron chi connectivity index (χ3n) is 3.62. The minimum atomic E-state index is -0.742. The molecule has 0 radical (unpaired) electrons. The monoisotopic (exact) mass is 252 g/mol. The Kier molecular flexibility index (Phi) is 3.41. The molecule has 1 heterocycles. The second-order valence-electron chi connectivity index (χ2n) is 4.85. The van der Waals surface area contributed by atoms with Gasteiger partial charge in [-0.3, -0.25) is 0 Å². The third kappa shape index (κ3) is 2.06. The summed E-state index contributed by atoms with van der Waals surface area (Å²) in [7, 11) is 1.67. The standard InChI is InChI=1S/C14H20O2S/c1-9-7-10(2)13(12(8-9)16-4)14(15)5-6-17-11(14)3/h7-8,11,15H,5-6H2,1-4H3. The molecule has 2 atom stereocenters. The summed E-state index contributed by atoms with van der Waals surface area (Å²) in [5.41, 5.74) is 2.53. The maximum absolute atomic E-state index is 10.9. The normalized spacial score (nSPS) is 28.4. The van der Waals surface area contributed by atoms with Crippen LogP contribution >= 0.6 is 11.8 Å². The molecule has 3 heteroatoms. The van der Waals surface area contributed by atoms with Crippen LogP contribution in [0.25, 0.3) is 0 Å². The molecule has 17 heavy (non-hydrogen) atoms. The molecule has 0 bridgehead atoms. The van der Waals surface area contributed by atoms with Crippen molar-refractivity contribution in [3.63, 3.8) is 0 Å². The van der Waals surface area contributed by atoms with Crippen LogP contribution in [-0.2, 0) is 5.60 Å². The number of benzene rings is 1. The van der Waals surface area contributed by atoms with Crippen LogP contribution in [0, 0.1) is 13.8 Å². The summed E-state index contributed by atoms with van der Waals surface area (Å²) in [4.78, 5) is 0. The molecule has 1 aromatic rings. The van der Waals surface area contributed by atoms with Crippen molar-refractivity contribution >= 4 is 11.8 Å². The summed E-state index contributed by atoms with van der Waals surface area (Å²) in [6.07, 6.45) is 0.805. The lowest BCUT2D eigenvalue weighted by Gasteiger charge is -2.30. The van der Waals surface area contributed by atoms with Crippen molar-refractivity contribution < 1.29 is 9.84 Å². The van der Waals surface area contributed by atoms with Crippen molar-refractivity contribution in [1.29, 1.82) is 0 Å². The summed E-state index contributed by atoms with van der Waals surface area (Å²) >= 11 is 1.83. The SMILES string of the molecule is COc1cc(C)cc(C)c1C1(O)CCSC1C. The molecule has 1 fully saturated rings. The van der Waals surface area contributed by atoms with Crippen LogP contribution in [0.15, 0.2) is 12.1 Å². The number of aliphatic hydroxyl groups is 1. The summed E-state index contributed by atoms with van der Waals surface area (Å²) in [6, 6.07) is 4.13. The molecule has 2 unspecified atom stereocenters. The van der Waals surface area contributed by atoms with Gasteiger partial charge in [-0.25, -0.2) is 0 Å². The summed E-state index contributed by atoms with van der Waals surface area (Å²) < 4.78 is 5.46. The van der Waals surface area contributed by atoms with E-state index in [0.29, 0.717) is 0 Å². The molecule has 1 aliphatic heterocycles. The van der Waals surface area contributed by atoms with Crippen LogP contribution in [0.3, 0.4) is 0 Å². The highest BCUT2D eigenvalue weighted by atomic mass is 32.2. The minimum absolute atomic E-state index is 0.220. The zero-order valence-electron chi connectivity index (χ0n) is 10.9. The lowest BCUT2D eigenvalue weighted by atomic mass is 9.84. The Labute approximate surface area is 107 Å². The van der Waals surface area contributed by atoms with Crippen LogP contribution in [0.1, 0.15) is 30.0 Å². The smallest absolute Gasteiger partial charge is 0.125 e. The Morgan fingerprint density at radius 1 is 1.41 bits per heavy atom. The van der Waals surface area contributed by atoms with Crippen LogP contribution < -0.4 is 4.74 Å². The number of aryl methyl sites for hydroxylation is 2. The first-order valence-corrected chi connectivity index (χ1v) is 7.03. The summed E-state index contributed by atoms with van der Waals surface area (Å²) in [6.45, 7) is 6.20. The van der Waals surface area contributed by atoms with Crippen molar-refractivity contribution in [2.45, 2.75) is 38.0 Å². The zero-order chi connectivity index (χ0) is 12.6. The molecule has 0 amide bonds. The van der Waals surface area contributed by atoms with E-state index in [0.717, 1.165) is 29.1 Å². The Morgan fingerprint density at radius 2 is 2.12 bits per heavy atom. The minimum Gasteiger partial charge on any atom is -0.496 e. The van der Waals surface area contributed by atoms with Gasteiger partial charge in [-0.1, -0.05) is 13.0 Å². The average Bonchev–Trinajstić information content (AvgIpc) is 2.58. The Bertz CT molecular complexity index is 430. The van der Waals surface area contributed by atoms with Gasteiger partial charge in [0.2, 0.25) is 0 Å². The number of rotatable bonds is 2. The molecule has 2 rings (SSSR count). The van der Waals surface area contributed by atoms with Gasteiger partial charge in [0, 0.05) is 10.8 Å². The predicted molar refractivity (Wildman–Crippen MR) is 72.9 cm³/mol. The van der Waals surface area contributed by atoms with E-state index in [2.05, 4.69) is 26.8 Å². The van der Waals surface area contributed by atoms with Crippen LogP contribution in [0.4, 0.5) is 0 Å². The first-order valence-electron chi connectivity index (χ1n) is 5.98. The van der Waals surface area contributed by atoms with Gasteiger partial charge in [-0.05, 0) is 43.2 Å². The van der Waals surface area contributed by atoms with Gasteiger partial charge >= 0.3 is 0 Å². The number of thioether (sulfide) groups is 1. The maximum Gasteiger partial charge on any atom is 0.125 e. The van der Waals surface area contributed by atoms with Gasteiger partial charge in [0.15, 0.2) is 0 Å². The van der Waals surface area contributed by atoms with E-state index in [1.54, 1.807) is 7.11 Å². The second kappa shape index (κ2) is 4.54. The average molecular weight is 252 g/mol. The third-order valence-corrected chi connectivity index (χ3v) is 4.95. The quantitative estimate of drug-likeness (QED) is 0.877. The largest absolute Gasteiger partial charge is 0.496 e. The first-order chi connectivity index (χ1) is 7.99. The van der Waals surface area contributed by atoms with Crippen LogP contribution in [0.5, 0.6) is 5.75 Å². The Hall–Kier alpha value is -0.670. The molecule has 0 aromatic heterocycles. The van der Waals surface area contributed by atoms with Gasteiger partial charge in [0.25, 0.3) is 0 Å².